The Morgan fingerprint density at radius 2 is 1.79 bits per heavy atom. The summed E-state index contributed by atoms with van der Waals surface area (Å²) in [5, 5.41) is 3.62. The van der Waals surface area contributed by atoms with Crippen LogP contribution < -0.4 is 15.0 Å². The van der Waals surface area contributed by atoms with E-state index < -0.39 is 0 Å². The van der Waals surface area contributed by atoms with Crippen molar-refractivity contribution < 1.29 is 13.9 Å². The minimum atomic E-state index is -0.200. The first-order valence-corrected chi connectivity index (χ1v) is 11.3. The topological polar surface area (TPSA) is 49.3 Å². The summed E-state index contributed by atoms with van der Waals surface area (Å²) in [7, 11) is 3.54. The van der Waals surface area contributed by atoms with E-state index in [1.54, 1.807) is 19.2 Å². The fraction of sp³-hybridized carbons (Fsp3) is 0.480. The molecule has 0 radical (unpaired) electrons. The Labute approximate surface area is 213 Å². The molecule has 0 atom stereocenters. The summed E-state index contributed by atoms with van der Waals surface area (Å²) in [4.78, 5) is 9.26. The summed E-state index contributed by atoms with van der Waals surface area (Å²) >= 11 is 0. The van der Waals surface area contributed by atoms with Crippen LogP contribution in [0.4, 0.5) is 10.1 Å². The van der Waals surface area contributed by atoms with Gasteiger partial charge in [-0.25, -0.2) is 4.39 Å². The average Bonchev–Trinajstić information content (AvgIpc) is 2.86. The van der Waals surface area contributed by atoms with Crippen LogP contribution >= 0.6 is 24.0 Å². The molecule has 0 amide bonds. The van der Waals surface area contributed by atoms with E-state index in [1.165, 1.54) is 5.69 Å². The van der Waals surface area contributed by atoms with Gasteiger partial charge in [0.25, 0.3) is 0 Å². The highest BCUT2D eigenvalue weighted by Gasteiger charge is 2.35. The first-order chi connectivity index (χ1) is 15.6. The van der Waals surface area contributed by atoms with Gasteiger partial charge in [-0.05, 0) is 42.7 Å². The van der Waals surface area contributed by atoms with Crippen LogP contribution in [0.15, 0.2) is 53.5 Å². The van der Waals surface area contributed by atoms with E-state index in [0.717, 1.165) is 76.1 Å². The van der Waals surface area contributed by atoms with Gasteiger partial charge >= 0.3 is 0 Å². The molecule has 0 spiro atoms. The molecular weight excluding hydrogens is 534 g/mol. The number of hydrogen-bond donors (Lipinski definition) is 1. The van der Waals surface area contributed by atoms with Crippen LogP contribution in [0.1, 0.15) is 18.4 Å². The number of methoxy groups -OCH3 is 1. The zero-order valence-corrected chi connectivity index (χ0v) is 21.8. The lowest BCUT2D eigenvalue weighted by molar-refractivity contribution is 0.0511. The van der Waals surface area contributed by atoms with Crippen LogP contribution in [0.3, 0.4) is 0 Å². The third kappa shape index (κ3) is 6.09. The Kier molecular flexibility index (Phi) is 9.19. The second-order valence-electron chi connectivity index (χ2n) is 8.48. The lowest BCUT2D eigenvalue weighted by Crippen LogP contribution is -2.55. The molecule has 0 bridgehead atoms. The summed E-state index contributed by atoms with van der Waals surface area (Å²) in [6.45, 7) is 5.82. The van der Waals surface area contributed by atoms with Crippen LogP contribution in [-0.4, -0.2) is 71.0 Å². The molecule has 2 heterocycles. The SMILES string of the molecule is CN=C(NCC1(c2ccc(F)cc2)CCOCC1)N1CCN(c2cccc(OC)c2)CC1.I. The largest absolute Gasteiger partial charge is 0.497 e. The van der Waals surface area contributed by atoms with Gasteiger partial charge in [0, 0.05) is 70.2 Å². The molecule has 0 unspecified atom stereocenters. The number of anilines is 1. The number of halogens is 2. The van der Waals surface area contributed by atoms with Crippen molar-refractivity contribution in [3.05, 3.63) is 59.9 Å². The molecule has 2 aliphatic heterocycles. The minimum Gasteiger partial charge on any atom is -0.497 e. The van der Waals surface area contributed by atoms with E-state index in [9.17, 15) is 4.39 Å². The second-order valence-corrected chi connectivity index (χ2v) is 8.48. The van der Waals surface area contributed by atoms with Gasteiger partial charge in [0.05, 0.1) is 7.11 Å². The fourth-order valence-corrected chi connectivity index (χ4v) is 4.70. The summed E-state index contributed by atoms with van der Waals surface area (Å²) in [5.41, 5.74) is 2.27. The van der Waals surface area contributed by atoms with Gasteiger partial charge in [-0.1, -0.05) is 18.2 Å². The highest BCUT2D eigenvalue weighted by molar-refractivity contribution is 14.0. The van der Waals surface area contributed by atoms with Crippen molar-refractivity contribution in [3.8, 4) is 5.75 Å². The van der Waals surface area contributed by atoms with Crippen molar-refractivity contribution in [2.75, 3.05) is 65.0 Å². The molecular formula is C25H34FIN4O2. The minimum absolute atomic E-state index is 0. The van der Waals surface area contributed by atoms with Gasteiger partial charge < -0.3 is 24.6 Å². The first-order valence-electron chi connectivity index (χ1n) is 11.3. The quantitative estimate of drug-likeness (QED) is 0.337. The molecule has 180 valence electrons. The maximum absolute atomic E-state index is 13.5. The predicted molar refractivity (Wildman–Crippen MR) is 142 cm³/mol. The summed E-state index contributed by atoms with van der Waals surface area (Å²) < 4.78 is 24.5. The Morgan fingerprint density at radius 1 is 1.09 bits per heavy atom. The Bertz CT molecular complexity index is 911. The number of hydrogen-bond acceptors (Lipinski definition) is 4. The molecule has 2 aromatic rings. The number of nitrogens with zero attached hydrogens (tertiary/aromatic N) is 3. The van der Waals surface area contributed by atoms with E-state index in [4.69, 9.17) is 9.47 Å². The molecule has 0 aliphatic carbocycles. The Morgan fingerprint density at radius 3 is 2.42 bits per heavy atom. The zero-order chi connectivity index (χ0) is 22.4. The van der Waals surface area contributed by atoms with Crippen molar-refractivity contribution >= 4 is 35.6 Å². The van der Waals surface area contributed by atoms with Gasteiger partial charge in [0.1, 0.15) is 11.6 Å². The standard InChI is InChI=1S/C25H33FN4O2.HI/c1-27-24(30-14-12-29(13-15-30)22-4-3-5-23(18-22)31-2)28-19-25(10-16-32-17-11-25)20-6-8-21(26)9-7-20;/h3-9,18H,10-17,19H2,1-2H3,(H,27,28);1H. The molecule has 2 fully saturated rings. The van der Waals surface area contributed by atoms with E-state index in [2.05, 4.69) is 32.2 Å². The third-order valence-electron chi connectivity index (χ3n) is 6.70. The monoisotopic (exact) mass is 568 g/mol. The first kappa shape index (κ1) is 25.6. The van der Waals surface area contributed by atoms with Gasteiger partial charge in [-0.15, -0.1) is 24.0 Å². The van der Waals surface area contributed by atoms with E-state index in [0.29, 0.717) is 0 Å². The smallest absolute Gasteiger partial charge is 0.193 e. The summed E-state index contributed by atoms with van der Waals surface area (Å²) in [6, 6.07) is 15.2. The van der Waals surface area contributed by atoms with Crippen molar-refractivity contribution in [3.63, 3.8) is 0 Å². The molecule has 8 heteroatoms. The van der Waals surface area contributed by atoms with Crippen molar-refractivity contribution in [2.24, 2.45) is 4.99 Å². The third-order valence-corrected chi connectivity index (χ3v) is 6.70. The number of guanidine groups is 1. The number of aliphatic imine (C=N–C) groups is 1. The number of piperazine rings is 1. The van der Waals surface area contributed by atoms with Crippen LogP contribution in [0.2, 0.25) is 0 Å². The maximum Gasteiger partial charge on any atom is 0.193 e. The highest BCUT2D eigenvalue weighted by atomic mass is 127. The number of nitrogens with one attached hydrogen (secondary N) is 1. The number of rotatable bonds is 5. The molecule has 1 N–H and O–H groups in total. The van der Waals surface area contributed by atoms with Gasteiger partial charge in [0.2, 0.25) is 0 Å². The molecule has 2 aromatic carbocycles. The molecule has 4 rings (SSSR count). The Hall–Kier alpha value is -2.07. The molecule has 2 saturated heterocycles. The number of benzene rings is 2. The van der Waals surface area contributed by atoms with E-state index in [1.807, 2.05) is 31.3 Å². The molecule has 33 heavy (non-hydrogen) atoms. The fourth-order valence-electron chi connectivity index (χ4n) is 4.70. The molecule has 6 nitrogen and oxygen atoms in total. The lowest BCUT2D eigenvalue weighted by Gasteiger charge is -2.41. The van der Waals surface area contributed by atoms with Crippen molar-refractivity contribution in [1.29, 1.82) is 0 Å². The van der Waals surface area contributed by atoms with Crippen LogP contribution in [0.25, 0.3) is 0 Å². The average molecular weight is 568 g/mol. The van der Waals surface area contributed by atoms with Crippen LogP contribution in [0.5, 0.6) is 5.75 Å². The van der Waals surface area contributed by atoms with E-state index >= 15 is 0 Å². The molecule has 2 aliphatic rings. The van der Waals surface area contributed by atoms with Crippen molar-refractivity contribution in [1.82, 2.24) is 10.2 Å². The normalized spacial score (nSPS) is 18.5. The van der Waals surface area contributed by atoms with Gasteiger partial charge in [-0.3, -0.25) is 4.99 Å². The molecule has 0 aromatic heterocycles. The van der Waals surface area contributed by atoms with E-state index in [-0.39, 0.29) is 35.2 Å². The maximum atomic E-state index is 13.5. The van der Waals surface area contributed by atoms with Crippen molar-refractivity contribution in [2.45, 2.75) is 18.3 Å². The highest BCUT2D eigenvalue weighted by Crippen LogP contribution is 2.34. The lowest BCUT2D eigenvalue weighted by atomic mass is 9.74. The van der Waals surface area contributed by atoms with Crippen LogP contribution in [-0.2, 0) is 10.2 Å². The van der Waals surface area contributed by atoms with Crippen LogP contribution in [0, 0.1) is 5.82 Å². The van der Waals surface area contributed by atoms with Gasteiger partial charge in [-0.2, -0.15) is 0 Å². The second kappa shape index (κ2) is 11.9. The summed E-state index contributed by atoms with van der Waals surface area (Å²) in [6.07, 6.45) is 1.82. The van der Waals surface area contributed by atoms with Gasteiger partial charge in [0.15, 0.2) is 5.96 Å². The number of ether oxygens (including phenoxy) is 2. The summed E-state index contributed by atoms with van der Waals surface area (Å²) in [5.74, 6) is 1.60. The zero-order valence-electron chi connectivity index (χ0n) is 19.4. The predicted octanol–water partition coefficient (Wildman–Crippen LogP) is 3.90. The molecule has 0 saturated carbocycles. The Balaban J connectivity index is 0.00000306.